The molecule has 3 N–H and O–H groups in total. The molecule has 35 heavy (non-hydrogen) atoms. The maximum atomic E-state index is 12.2. The highest BCUT2D eigenvalue weighted by Crippen LogP contribution is 2.44. The smallest absolute Gasteiger partial charge is 0.407 e. The van der Waals surface area contributed by atoms with Crippen molar-refractivity contribution < 1.29 is 24.2 Å². The summed E-state index contributed by atoms with van der Waals surface area (Å²) in [7, 11) is 0. The first-order valence-electron chi connectivity index (χ1n) is 12.4. The zero-order valence-corrected chi connectivity index (χ0v) is 20.6. The van der Waals surface area contributed by atoms with E-state index in [2.05, 4.69) is 34.9 Å². The minimum atomic E-state index is -0.843. The molecule has 7 heteroatoms. The van der Waals surface area contributed by atoms with Crippen LogP contribution in [0.3, 0.4) is 0 Å². The van der Waals surface area contributed by atoms with Crippen molar-refractivity contribution in [1.29, 1.82) is 0 Å². The quantitative estimate of drug-likeness (QED) is 0.352. The molecule has 1 aliphatic carbocycles. The van der Waals surface area contributed by atoms with Gasteiger partial charge in [-0.15, -0.1) is 0 Å². The summed E-state index contributed by atoms with van der Waals surface area (Å²) in [4.78, 5) is 35.3. The van der Waals surface area contributed by atoms with Crippen LogP contribution in [0.5, 0.6) is 0 Å². The number of hydrogen-bond acceptors (Lipinski definition) is 4. The molecule has 0 unspecified atom stereocenters. The highest BCUT2D eigenvalue weighted by atomic mass is 16.5. The Morgan fingerprint density at radius 1 is 0.943 bits per heavy atom. The third-order valence-corrected chi connectivity index (χ3v) is 6.30. The second kappa shape index (κ2) is 12.9. The summed E-state index contributed by atoms with van der Waals surface area (Å²) in [6.07, 6.45) is 1.99. The summed E-state index contributed by atoms with van der Waals surface area (Å²) in [5, 5.41) is 14.6. The maximum Gasteiger partial charge on any atom is 0.407 e. The molecule has 0 bridgehead atoms. The molecule has 2 amide bonds. The van der Waals surface area contributed by atoms with Crippen molar-refractivity contribution in [3.8, 4) is 11.1 Å². The van der Waals surface area contributed by atoms with Crippen LogP contribution >= 0.6 is 0 Å². The van der Waals surface area contributed by atoms with Gasteiger partial charge in [0.05, 0.1) is 0 Å². The van der Waals surface area contributed by atoms with Gasteiger partial charge in [-0.25, -0.2) is 4.79 Å². The summed E-state index contributed by atoms with van der Waals surface area (Å²) in [6, 6.07) is 16.4. The molecule has 1 atom stereocenters. The molecule has 0 saturated carbocycles. The van der Waals surface area contributed by atoms with Gasteiger partial charge in [0, 0.05) is 31.8 Å². The Morgan fingerprint density at radius 2 is 1.57 bits per heavy atom. The van der Waals surface area contributed by atoms with E-state index in [1.807, 2.05) is 38.1 Å². The minimum absolute atomic E-state index is 0.0255. The fraction of sp³-hybridized carbons (Fsp3) is 0.464. The topological polar surface area (TPSA) is 105 Å². The van der Waals surface area contributed by atoms with Crippen LogP contribution in [-0.2, 0) is 14.3 Å². The Balaban J connectivity index is 1.33. The number of aliphatic carboxylic acids is 1. The monoisotopic (exact) mass is 480 g/mol. The van der Waals surface area contributed by atoms with Gasteiger partial charge in [-0.3, -0.25) is 9.59 Å². The van der Waals surface area contributed by atoms with Crippen LogP contribution < -0.4 is 10.6 Å². The molecule has 0 radical (unpaired) electrons. The largest absolute Gasteiger partial charge is 0.481 e. The number of benzene rings is 2. The first-order chi connectivity index (χ1) is 16.8. The highest BCUT2D eigenvalue weighted by molar-refractivity contribution is 5.79. The van der Waals surface area contributed by atoms with Crippen molar-refractivity contribution in [2.75, 3.05) is 19.7 Å². The van der Waals surface area contributed by atoms with Crippen molar-refractivity contribution in [1.82, 2.24) is 10.6 Å². The van der Waals surface area contributed by atoms with Gasteiger partial charge < -0.3 is 20.5 Å². The predicted molar refractivity (Wildman–Crippen MR) is 135 cm³/mol. The van der Waals surface area contributed by atoms with Crippen LogP contribution in [0.2, 0.25) is 0 Å². The zero-order chi connectivity index (χ0) is 25.2. The Hall–Kier alpha value is -3.35. The summed E-state index contributed by atoms with van der Waals surface area (Å²) in [5.41, 5.74) is 4.72. The number of carboxylic acids is 1. The van der Waals surface area contributed by atoms with Gasteiger partial charge in [-0.1, -0.05) is 62.4 Å². The normalized spacial score (nSPS) is 13.1. The van der Waals surface area contributed by atoms with Crippen LogP contribution in [0.1, 0.15) is 63.0 Å². The molecule has 1 aliphatic rings. The fourth-order valence-corrected chi connectivity index (χ4v) is 4.75. The van der Waals surface area contributed by atoms with Gasteiger partial charge in [0.25, 0.3) is 0 Å². The van der Waals surface area contributed by atoms with Crippen LogP contribution in [0.4, 0.5) is 4.79 Å². The van der Waals surface area contributed by atoms with Gasteiger partial charge in [-0.05, 0) is 53.4 Å². The number of hydrogen-bond donors (Lipinski definition) is 3. The lowest BCUT2D eigenvalue weighted by Crippen LogP contribution is -2.31. The fourth-order valence-electron chi connectivity index (χ4n) is 4.75. The number of nitrogens with one attached hydrogen (secondary N) is 2. The Morgan fingerprint density at radius 3 is 2.17 bits per heavy atom. The van der Waals surface area contributed by atoms with E-state index in [1.54, 1.807) is 0 Å². The molecule has 2 aromatic rings. The van der Waals surface area contributed by atoms with E-state index in [0.717, 1.165) is 6.42 Å². The molecule has 7 nitrogen and oxygen atoms in total. The molecule has 0 aromatic heterocycles. The van der Waals surface area contributed by atoms with Crippen molar-refractivity contribution >= 4 is 18.0 Å². The third-order valence-electron chi connectivity index (χ3n) is 6.30. The lowest BCUT2D eigenvalue weighted by atomic mass is 9.94. The average Bonchev–Trinajstić information content (AvgIpc) is 3.14. The highest BCUT2D eigenvalue weighted by Gasteiger charge is 2.28. The molecule has 0 spiro atoms. The first-order valence-corrected chi connectivity index (χ1v) is 12.4. The van der Waals surface area contributed by atoms with Gasteiger partial charge in [-0.2, -0.15) is 0 Å². The van der Waals surface area contributed by atoms with Crippen LogP contribution in [-0.4, -0.2) is 42.8 Å². The number of alkyl carbamates (subject to hydrolysis) is 1. The van der Waals surface area contributed by atoms with Crippen molar-refractivity contribution in [3.63, 3.8) is 0 Å². The summed E-state index contributed by atoms with van der Waals surface area (Å²) < 4.78 is 5.52. The van der Waals surface area contributed by atoms with E-state index in [-0.39, 0.29) is 30.8 Å². The molecule has 3 rings (SSSR count). The number of fused-ring (bicyclic) bond motifs is 3. The molecule has 0 heterocycles. The molecule has 0 fully saturated rings. The van der Waals surface area contributed by atoms with Crippen molar-refractivity contribution in [2.24, 2.45) is 11.8 Å². The standard InChI is InChI=1S/C28H36N2O5/c1-19(2)15-20(16-27(32)33)17-30-26(31)13-7-8-14-29-28(34)35-18-25-23-11-5-3-9-21(23)22-10-4-6-12-24(22)25/h3-6,9-12,19-20,25H,7-8,13-18H2,1-2H3,(H,29,34)(H,30,31)(H,32,33)/t20-/m0/s1. The van der Waals surface area contributed by atoms with E-state index < -0.39 is 12.1 Å². The molecule has 0 aliphatic heterocycles. The Kier molecular flexibility index (Phi) is 9.70. The molecule has 0 saturated heterocycles. The van der Waals surface area contributed by atoms with Crippen molar-refractivity contribution in [2.45, 2.75) is 51.9 Å². The summed E-state index contributed by atoms with van der Waals surface area (Å²) >= 11 is 0. The second-order valence-electron chi connectivity index (χ2n) is 9.61. The van der Waals surface area contributed by atoms with Crippen LogP contribution in [0, 0.1) is 11.8 Å². The molecular formula is C28H36N2O5. The van der Waals surface area contributed by atoms with Gasteiger partial charge in [0.2, 0.25) is 5.91 Å². The van der Waals surface area contributed by atoms with E-state index in [4.69, 9.17) is 9.84 Å². The minimum Gasteiger partial charge on any atom is -0.481 e. The number of carboxylic acid groups (broad SMARTS) is 1. The van der Waals surface area contributed by atoms with Gasteiger partial charge in [0.1, 0.15) is 6.61 Å². The number of carbonyl (C=O) groups excluding carboxylic acids is 2. The molecule has 2 aromatic carbocycles. The predicted octanol–water partition coefficient (Wildman–Crippen LogP) is 4.95. The number of carbonyl (C=O) groups is 3. The Bertz CT molecular complexity index is 974. The zero-order valence-electron chi connectivity index (χ0n) is 20.6. The number of amides is 2. The average molecular weight is 481 g/mol. The number of rotatable bonds is 13. The van der Waals surface area contributed by atoms with E-state index in [0.29, 0.717) is 38.3 Å². The second-order valence-corrected chi connectivity index (χ2v) is 9.61. The lowest BCUT2D eigenvalue weighted by Gasteiger charge is -2.17. The van der Waals surface area contributed by atoms with E-state index in [9.17, 15) is 14.4 Å². The molecule has 188 valence electrons. The molecular weight excluding hydrogens is 444 g/mol. The summed E-state index contributed by atoms with van der Waals surface area (Å²) in [6.45, 7) is 5.16. The van der Waals surface area contributed by atoms with E-state index >= 15 is 0 Å². The van der Waals surface area contributed by atoms with Crippen LogP contribution in [0.25, 0.3) is 11.1 Å². The Labute approximate surface area is 207 Å². The van der Waals surface area contributed by atoms with E-state index in [1.165, 1.54) is 22.3 Å². The number of unbranched alkanes of at least 4 members (excludes halogenated alkanes) is 1. The SMILES string of the molecule is CC(C)C[C@H](CNC(=O)CCCCNC(=O)OCC1c2ccccc2-c2ccccc21)CC(=O)O. The summed E-state index contributed by atoms with van der Waals surface area (Å²) in [5.74, 6) is -0.598. The third kappa shape index (κ3) is 7.84. The van der Waals surface area contributed by atoms with Gasteiger partial charge >= 0.3 is 12.1 Å². The number of ether oxygens (including phenoxy) is 1. The van der Waals surface area contributed by atoms with Gasteiger partial charge in [0.15, 0.2) is 0 Å². The van der Waals surface area contributed by atoms with Crippen LogP contribution in [0.15, 0.2) is 48.5 Å². The maximum absolute atomic E-state index is 12.2. The van der Waals surface area contributed by atoms with Crippen molar-refractivity contribution in [3.05, 3.63) is 59.7 Å². The lowest BCUT2D eigenvalue weighted by molar-refractivity contribution is -0.138. The first kappa shape index (κ1) is 26.3.